The molecule has 0 aliphatic heterocycles. The number of carbonyl (C=O) groups excluding carboxylic acids is 1. The molecule has 0 saturated heterocycles. The molecule has 1 heterocycles. The monoisotopic (exact) mass is 205 g/mol. The van der Waals surface area contributed by atoms with Gasteiger partial charge in [-0.1, -0.05) is 12.1 Å². The van der Waals surface area contributed by atoms with Gasteiger partial charge in [-0.05, 0) is 6.07 Å². The predicted molar refractivity (Wildman–Crippen MR) is 55.0 cm³/mol. The van der Waals surface area contributed by atoms with Gasteiger partial charge in [0.25, 0.3) is 5.52 Å². The van der Waals surface area contributed by atoms with Gasteiger partial charge in [0.1, 0.15) is 0 Å². The molecule has 1 amide bonds. The fourth-order valence-electron chi connectivity index (χ4n) is 1.65. The minimum atomic E-state index is -0.299. The third-order valence-corrected chi connectivity index (χ3v) is 2.38. The van der Waals surface area contributed by atoms with E-state index in [4.69, 9.17) is 10.2 Å². The average molecular weight is 205 g/mol. The van der Waals surface area contributed by atoms with Gasteiger partial charge in [0.15, 0.2) is 6.54 Å². The van der Waals surface area contributed by atoms with Crippen molar-refractivity contribution >= 4 is 17.0 Å². The third kappa shape index (κ3) is 1.83. The average Bonchev–Trinajstić information content (AvgIpc) is 2.50. The number of aryl methyl sites for hydroxylation is 2. The molecule has 15 heavy (non-hydrogen) atoms. The van der Waals surface area contributed by atoms with E-state index in [2.05, 4.69) is 0 Å². The molecule has 2 rings (SSSR count). The molecular weight excluding hydrogens is 192 g/mol. The number of aromatic nitrogens is 1. The van der Waals surface area contributed by atoms with Crippen molar-refractivity contribution in [2.45, 2.75) is 19.9 Å². The molecule has 0 bridgehead atoms. The van der Waals surface area contributed by atoms with Crippen LogP contribution >= 0.6 is 0 Å². The van der Waals surface area contributed by atoms with E-state index >= 15 is 0 Å². The number of benzene rings is 1. The first kappa shape index (κ1) is 9.71. The highest BCUT2D eigenvalue weighted by Crippen LogP contribution is 2.12. The number of oxazole rings is 1. The summed E-state index contributed by atoms with van der Waals surface area (Å²) in [4.78, 5) is 10.7. The Bertz CT molecular complexity index is 502. The molecule has 0 aliphatic carbocycles. The number of primary amides is 1. The molecule has 78 valence electrons. The lowest BCUT2D eigenvalue weighted by Gasteiger charge is -1.91. The van der Waals surface area contributed by atoms with Gasteiger partial charge in [-0.3, -0.25) is 4.79 Å². The molecule has 0 unspecified atom stereocenters. The van der Waals surface area contributed by atoms with E-state index in [1.165, 1.54) is 0 Å². The fourth-order valence-corrected chi connectivity index (χ4v) is 1.65. The van der Waals surface area contributed by atoms with E-state index in [0.29, 0.717) is 13.0 Å². The second kappa shape index (κ2) is 3.73. The summed E-state index contributed by atoms with van der Waals surface area (Å²) in [5.74, 6) is 0.490. The van der Waals surface area contributed by atoms with E-state index in [0.717, 1.165) is 17.0 Å². The lowest BCUT2D eigenvalue weighted by Crippen LogP contribution is -2.37. The maximum Gasteiger partial charge on any atom is 0.344 e. The molecule has 0 radical (unpaired) electrons. The number of nitrogens with two attached hydrogens (primary N) is 1. The van der Waals surface area contributed by atoms with Crippen molar-refractivity contribution < 1.29 is 13.8 Å². The second-order valence-electron chi connectivity index (χ2n) is 3.46. The number of para-hydroxylation sites is 2. The van der Waals surface area contributed by atoms with Crippen LogP contribution < -0.4 is 10.3 Å². The Kier molecular flexibility index (Phi) is 2.41. The number of hydrogen-bond donors (Lipinski definition) is 1. The van der Waals surface area contributed by atoms with Gasteiger partial charge in [0.05, 0.1) is 13.3 Å². The van der Waals surface area contributed by atoms with Crippen molar-refractivity contribution in [3.8, 4) is 0 Å². The smallest absolute Gasteiger partial charge is 0.344 e. The zero-order chi connectivity index (χ0) is 10.8. The summed E-state index contributed by atoms with van der Waals surface area (Å²) >= 11 is 0. The van der Waals surface area contributed by atoms with Crippen molar-refractivity contribution in [3.63, 3.8) is 0 Å². The summed E-state index contributed by atoms with van der Waals surface area (Å²) in [6.45, 7) is 2.44. The summed E-state index contributed by atoms with van der Waals surface area (Å²) in [6.07, 6.45) is 0.328. The zero-order valence-electron chi connectivity index (χ0n) is 8.56. The van der Waals surface area contributed by atoms with Crippen molar-refractivity contribution in [2.75, 3.05) is 0 Å². The standard InChI is InChI=1S/C11H12N2O2/c1-8-13(7-6-11(12)14)9-4-2-3-5-10(9)15-8/h2-5H,6-7H2,1H3,(H-,12,14)/p+1. The number of hydrogen-bond acceptors (Lipinski definition) is 2. The van der Waals surface area contributed by atoms with Gasteiger partial charge in [0, 0.05) is 6.07 Å². The summed E-state index contributed by atoms with van der Waals surface area (Å²) in [6, 6.07) is 7.73. The lowest BCUT2D eigenvalue weighted by molar-refractivity contribution is -0.681. The Labute approximate surface area is 87.3 Å². The lowest BCUT2D eigenvalue weighted by atomic mass is 10.3. The number of carbonyl (C=O) groups is 1. The minimum absolute atomic E-state index is 0.299. The van der Waals surface area contributed by atoms with Crippen LogP contribution in [0.2, 0.25) is 0 Å². The molecule has 2 N–H and O–H groups in total. The molecule has 4 heteroatoms. The third-order valence-electron chi connectivity index (χ3n) is 2.38. The van der Waals surface area contributed by atoms with Crippen molar-refractivity contribution in [1.82, 2.24) is 0 Å². The Morgan fingerprint density at radius 2 is 2.20 bits per heavy atom. The van der Waals surface area contributed by atoms with E-state index in [9.17, 15) is 4.79 Å². The van der Waals surface area contributed by atoms with Crippen molar-refractivity contribution in [3.05, 3.63) is 30.2 Å². The summed E-state index contributed by atoms with van der Waals surface area (Å²) in [7, 11) is 0. The molecule has 4 nitrogen and oxygen atoms in total. The predicted octanol–water partition coefficient (Wildman–Crippen LogP) is 0.904. The molecule has 0 spiro atoms. The van der Waals surface area contributed by atoms with Crippen LogP contribution in [0.4, 0.5) is 0 Å². The van der Waals surface area contributed by atoms with Gasteiger partial charge in [-0.2, -0.15) is 4.57 Å². The topological polar surface area (TPSA) is 60.1 Å². The Morgan fingerprint density at radius 3 is 2.93 bits per heavy atom. The van der Waals surface area contributed by atoms with Crippen LogP contribution in [0.3, 0.4) is 0 Å². The van der Waals surface area contributed by atoms with Gasteiger partial charge in [-0.15, -0.1) is 0 Å². The number of rotatable bonds is 3. The first-order valence-electron chi connectivity index (χ1n) is 4.85. The maximum absolute atomic E-state index is 10.7. The Balaban J connectivity index is 2.40. The van der Waals surface area contributed by atoms with E-state index in [1.807, 2.05) is 35.8 Å². The van der Waals surface area contributed by atoms with Crippen LogP contribution in [-0.2, 0) is 11.3 Å². The van der Waals surface area contributed by atoms with Gasteiger partial charge in [0.2, 0.25) is 11.5 Å². The van der Waals surface area contributed by atoms with Gasteiger partial charge in [-0.25, -0.2) is 0 Å². The first-order chi connectivity index (χ1) is 7.18. The quantitative estimate of drug-likeness (QED) is 0.757. The summed E-state index contributed by atoms with van der Waals surface area (Å²) in [5.41, 5.74) is 6.95. The van der Waals surface area contributed by atoms with Crippen LogP contribution in [0.1, 0.15) is 12.3 Å². The second-order valence-corrected chi connectivity index (χ2v) is 3.46. The highest BCUT2D eigenvalue weighted by atomic mass is 16.3. The molecule has 1 aromatic carbocycles. The molecule has 1 aromatic heterocycles. The summed E-state index contributed by atoms with van der Waals surface area (Å²) < 4.78 is 7.50. The normalized spacial score (nSPS) is 10.7. The molecular formula is C11H13N2O2+. The Hall–Kier alpha value is -1.84. The van der Waals surface area contributed by atoms with E-state index in [1.54, 1.807) is 0 Å². The molecule has 0 aliphatic rings. The van der Waals surface area contributed by atoms with Crippen LogP contribution in [-0.4, -0.2) is 5.91 Å². The van der Waals surface area contributed by atoms with Crippen molar-refractivity contribution in [1.29, 1.82) is 0 Å². The number of amides is 1. The van der Waals surface area contributed by atoms with E-state index in [-0.39, 0.29) is 5.91 Å². The first-order valence-corrected chi connectivity index (χ1v) is 4.85. The highest BCUT2D eigenvalue weighted by molar-refractivity contribution is 5.73. The number of fused-ring (bicyclic) bond motifs is 1. The SMILES string of the molecule is Cc1oc2ccccc2[n+]1CCC(N)=O. The van der Waals surface area contributed by atoms with Gasteiger partial charge < -0.3 is 10.2 Å². The van der Waals surface area contributed by atoms with Gasteiger partial charge >= 0.3 is 5.89 Å². The Morgan fingerprint density at radius 1 is 1.47 bits per heavy atom. The largest absolute Gasteiger partial charge is 0.402 e. The van der Waals surface area contributed by atoms with Crippen LogP contribution in [0.15, 0.2) is 28.7 Å². The summed E-state index contributed by atoms with van der Waals surface area (Å²) in [5, 5.41) is 0. The fraction of sp³-hybridized carbons (Fsp3) is 0.273. The molecule has 0 atom stereocenters. The van der Waals surface area contributed by atoms with E-state index < -0.39 is 0 Å². The number of nitrogens with zero attached hydrogens (tertiary/aromatic N) is 1. The maximum atomic E-state index is 10.7. The highest BCUT2D eigenvalue weighted by Gasteiger charge is 2.18. The van der Waals surface area contributed by atoms with Crippen LogP contribution in [0.25, 0.3) is 11.1 Å². The van der Waals surface area contributed by atoms with Crippen LogP contribution in [0.5, 0.6) is 0 Å². The van der Waals surface area contributed by atoms with Crippen LogP contribution in [0, 0.1) is 6.92 Å². The molecule has 0 fully saturated rings. The molecule has 2 aromatic rings. The minimum Gasteiger partial charge on any atom is -0.402 e. The zero-order valence-corrected chi connectivity index (χ0v) is 8.56. The van der Waals surface area contributed by atoms with Crippen molar-refractivity contribution in [2.24, 2.45) is 5.73 Å². The molecule has 0 saturated carbocycles.